The first-order valence-electron chi connectivity index (χ1n) is 10.7. The lowest BCUT2D eigenvalue weighted by molar-refractivity contribution is 0.122. The lowest BCUT2D eigenvalue weighted by atomic mass is 10.1. The van der Waals surface area contributed by atoms with Crippen molar-refractivity contribution in [3.05, 3.63) is 45.3 Å². The summed E-state index contributed by atoms with van der Waals surface area (Å²) in [6, 6.07) is 3.63. The van der Waals surface area contributed by atoms with Gasteiger partial charge in [0.05, 0.1) is 44.6 Å². The summed E-state index contributed by atoms with van der Waals surface area (Å²) in [5.74, 6) is 0.481. The number of benzene rings is 1. The van der Waals surface area contributed by atoms with E-state index in [9.17, 15) is 14.0 Å². The maximum atomic E-state index is 13.4. The Balaban J connectivity index is 1.78. The predicted molar refractivity (Wildman–Crippen MR) is 129 cm³/mol. The number of aromatic nitrogens is 3. The number of hydrogen-bond donors (Lipinski definition) is 1. The number of morpholine rings is 1. The molecule has 1 aliphatic heterocycles. The highest BCUT2D eigenvalue weighted by molar-refractivity contribution is 9.10. The SMILES string of the molecule is COc1cc(N2CCOCC2)c(Br)cc1-n1cnn(C/C(=C\F)COC(=O)NC(C)(C)C)c1=O. The lowest BCUT2D eigenvalue weighted by Crippen LogP contribution is -2.41. The highest BCUT2D eigenvalue weighted by Crippen LogP contribution is 2.35. The highest BCUT2D eigenvalue weighted by Gasteiger charge is 2.20. The van der Waals surface area contributed by atoms with Crippen molar-refractivity contribution in [3.8, 4) is 11.4 Å². The first-order chi connectivity index (χ1) is 16.1. The predicted octanol–water partition coefficient (Wildman–Crippen LogP) is 3.02. The van der Waals surface area contributed by atoms with Crippen LogP contribution in [0.3, 0.4) is 0 Å². The third-order valence-electron chi connectivity index (χ3n) is 4.97. The van der Waals surface area contributed by atoms with Gasteiger partial charge in [0, 0.05) is 34.7 Å². The fourth-order valence-corrected chi connectivity index (χ4v) is 3.93. The van der Waals surface area contributed by atoms with Gasteiger partial charge in [-0.2, -0.15) is 5.10 Å². The summed E-state index contributed by atoms with van der Waals surface area (Å²) in [7, 11) is 1.52. The summed E-state index contributed by atoms with van der Waals surface area (Å²) in [4.78, 5) is 27.0. The van der Waals surface area contributed by atoms with Gasteiger partial charge in [-0.15, -0.1) is 0 Å². The van der Waals surface area contributed by atoms with Crippen LogP contribution < -0.4 is 20.6 Å². The Hall–Kier alpha value is -2.86. The molecule has 1 N–H and O–H groups in total. The van der Waals surface area contributed by atoms with Crippen molar-refractivity contribution in [1.82, 2.24) is 19.7 Å². The average molecular weight is 542 g/mol. The van der Waals surface area contributed by atoms with Gasteiger partial charge in [-0.3, -0.25) is 0 Å². The van der Waals surface area contributed by atoms with Gasteiger partial charge < -0.3 is 24.4 Å². The molecular weight excluding hydrogens is 513 g/mol. The second-order valence-corrected chi connectivity index (χ2v) is 9.59. The number of anilines is 1. The number of alkyl carbamates (subject to hydrolysis) is 1. The standard InChI is InChI=1S/C22H29BrFN5O5/c1-22(2,3)26-20(30)34-13-15(11-24)12-29-21(31)28(14-25-29)18-9-16(23)17(10-19(18)32-4)27-5-7-33-8-6-27/h9-11,14H,5-8,12-13H2,1-4H3,(H,26,30)/b15-11+. The first-order valence-corrected chi connectivity index (χ1v) is 11.5. The van der Waals surface area contributed by atoms with E-state index < -0.39 is 17.3 Å². The molecular formula is C22H29BrFN5O5. The van der Waals surface area contributed by atoms with Gasteiger partial charge in [0.15, 0.2) is 0 Å². The highest BCUT2D eigenvalue weighted by atomic mass is 79.9. The fourth-order valence-electron chi connectivity index (χ4n) is 3.35. The maximum absolute atomic E-state index is 13.4. The summed E-state index contributed by atoms with van der Waals surface area (Å²) in [5, 5.41) is 6.71. The van der Waals surface area contributed by atoms with Gasteiger partial charge in [0.2, 0.25) is 0 Å². The van der Waals surface area contributed by atoms with Gasteiger partial charge >= 0.3 is 11.8 Å². The largest absolute Gasteiger partial charge is 0.494 e. The van der Waals surface area contributed by atoms with Crippen molar-refractivity contribution in [3.63, 3.8) is 0 Å². The quantitative estimate of drug-likeness (QED) is 0.575. The van der Waals surface area contributed by atoms with Gasteiger partial charge in [-0.05, 0) is 42.8 Å². The smallest absolute Gasteiger partial charge is 0.407 e. The Kier molecular flexibility index (Phi) is 8.37. The molecule has 1 amide bonds. The molecule has 1 fully saturated rings. The summed E-state index contributed by atoms with van der Waals surface area (Å²) in [6.07, 6.45) is 0.966. The van der Waals surface area contributed by atoms with E-state index in [-0.39, 0.29) is 18.7 Å². The Morgan fingerprint density at radius 2 is 2.00 bits per heavy atom. The number of rotatable bonds is 7. The number of methoxy groups -OCH3 is 1. The van der Waals surface area contributed by atoms with Crippen LogP contribution in [0.4, 0.5) is 14.9 Å². The van der Waals surface area contributed by atoms with E-state index in [1.54, 1.807) is 26.8 Å². The molecule has 10 nitrogen and oxygen atoms in total. The van der Waals surface area contributed by atoms with Crippen LogP contribution in [-0.4, -0.2) is 66.0 Å². The zero-order valence-corrected chi connectivity index (χ0v) is 21.2. The number of halogens is 2. The van der Waals surface area contributed by atoms with Crippen LogP contribution in [0.5, 0.6) is 5.75 Å². The number of nitrogens with zero attached hydrogens (tertiary/aromatic N) is 4. The molecule has 3 rings (SSSR count). The number of hydrogen-bond acceptors (Lipinski definition) is 7. The molecule has 2 aromatic rings. The van der Waals surface area contributed by atoms with Crippen LogP contribution in [0.1, 0.15) is 20.8 Å². The summed E-state index contributed by atoms with van der Waals surface area (Å²) < 4.78 is 32.6. The van der Waals surface area contributed by atoms with Gasteiger partial charge in [-0.25, -0.2) is 23.2 Å². The van der Waals surface area contributed by atoms with Crippen LogP contribution >= 0.6 is 15.9 Å². The maximum Gasteiger partial charge on any atom is 0.407 e. The molecule has 0 saturated carbocycles. The van der Waals surface area contributed by atoms with Crippen molar-refractivity contribution in [1.29, 1.82) is 0 Å². The number of amides is 1. The van der Waals surface area contributed by atoms with E-state index in [4.69, 9.17) is 14.2 Å². The van der Waals surface area contributed by atoms with Crippen LogP contribution in [-0.2, 0) is 16.0 Å². The molecule has 1 aliphatic rings. The van der Waals surface area contributed by atoms with Gasteiger partial charge in [0.1, 0.15) is 18.7 Å². The lowest BCUT2D eigenvalue weighted by Gasteiger charge is -2.30. The van der Waals surface area contributed by atoms with Crippen LogP contribution in [0.2, 0.25) is 0 Å². The fraction of sp³-hybridized carbons (Fsp3) is 0.500. The van der Waals surface area contributed by atoms with E-state index >= 15 is 0 Å². The van der Waals surface area contributed by atoms with Gasteiger partial charge in [0.25, 0.3) is 0 Å². The van der Waals surface area contributed by atoms with E-state index in [1.165, 1.54) is 18.0 Å². The molecule has 0 atom stereocenters. The molecule has 0 bridgehead atoms. The molecule has 0 aliphatic carbocycles. The number of ether oxygens (including phenoxy) is 3. The minimum absolute atomic E-state index is 0.0761. The van der Waals surface area contributed by atoms with Crippen LogP contribution in [0.25, 0.3) is 5.69 Å². The Morgan fingerprint density at radius 1 is 1.29 bits per heavy atom. The van der Waals surface area contributed by atoms with Crippen molar-refractivity contribution in [2.45, 2.75) is 32.9 Å². The van der Waals surface area contributed by atoms with Crippen molar-refractivity contribution in [2.75, 3.05) is 44.9 Å². The average Bonchev–Trinajstić information content (AvgIpc) is 3.15. The second-order valence-electron chi connectivity index (χ2n) is 8.73. The molecule has 1 saturated heterocycles. The monoisotopic (exact) mass is 541 g/mol. The minimum atomic E-state index is -0.681. The van der Waals surface area contributed by atoms with Crippen LogP contribution in [0.15, 0.2) is 39.6 Å². The minimum Gasteiger partial charge on any atom is -0.494 e. The molecule has 34 heavy (non-hydrogen) atoms. The molecule has 1 aromatic carbocycles. The van der Waals surface area contributed by atoms with E-state index in [0.29, 0.717) is 31.0 Å². The third-order valence-corrected chi connectivity index (χ3v) is 5.60. The normalized spacial score (nSPS) is 14.8. The van der Waals surface area contributed by atoms with Crippen molar-refractivity contribution >= 4 is 27.7 Å². The molecule has 0 unspecified atom stereocenters. The number of nitrogens with one attached hydrogen (secondary N) is 1. The summed E-state index contributed by atoms with van der Waals surface area (Å²) in [5.41, 5.74) is 0.499. The number of carbonyl (C=O) groups excluding carboxylic acids is 1. The van der Waals surface area contributed by atoms with Crippen molar-refractivity contribution < 1.29 is 23.4 Å². The number of carbonyl (C=O) groups is 1. The van der Waals surface area contributed by atoms with Crippen LogP contribution in [0, 0.1) is 0 Å². The van der Waals surface area contributed by atoms with Crippen molar-refractivity contribution in [2.24, 2.45) is 0 Å². The third kappa shape index (κ3) is 6.38. The molecule has 1 aromatic heterocycles. The van der Waals surface area contributed by atoms with E-state index in [2.05, 4.69) is 31.2 Å². The summed E-state index contributed by atoms with van der Waals surface area (Å²) >= 11 is 3.59. The van der Waals surface area contributed by atoms with E-state index in [0.717, 1.165) is 27.9 Å². The Bertz CT molecular complexity index is 1100. The zero-order chi connectivity index (χ0) is 24.9. The first kappa shape index (κ1) is 25.8. The molecule has 2 heterocycles. The molecule has 0 spiro atoms. The Morgan fingerprint density at radius 3 is 2.62 bits per heavy atom. The van der Waals surface area contributed by atoms with Gasteiger partial charge in [-0.1, -0.05) is 0 Å². The zero-order valence-electron chi connectivity index (χ0n) is 19.6. The van der Waals surface area contributed by atoms with E-state index in [1.807, 2.05) is 6.07 Å². The molecule has 0 radical (unpaired) electrons. The summed E-state index contributed by atoms with van der Waals surface area (Å²) in [6.45, 7) is 7.65. The molecule has 186 valence electrons. The molecule has 12 heteroatoms. The Labute approximate surface area is 205 Å². The second kappa shape index (κ2) is 11.0. The topological polar surface area (TPSA) is 99.8 Å².